The second-order valence-electron chi connectivity index (χ2n) is 12.8. The Kier molecular flexibility index (Phi) is 15.1. The van der Waals surface area contributed by atoms with Gasteiger partial charge in [-0.15, -0.1) is 0 Å². The predicted octanol–water partition coefficient (Wildman–Crippen LogP) is 7.33. The van der Waals surface area contributed by atoms with Crippen LogP contribution in [0.15, 0.2) is 48.5 Å². The van der Waals surface area contributed by atoms with E-state index in [0.717, 1.165) is 51.6 Å². The molecule has 0 fully saturated rings. The van der Waals surface area contributed by atoms with Crippen LogP contribution < -0.4 is 18.9 Å². The average Bonchev–Trinajstić information content (AvgIpc) is 3.00. The number of hydrogen-bond acceptors (Lipinski definition) is 7. The molecule has 0 saturated carbocycles. The summed E-state index contributed by atoms with van der Waals surface area (Å²) in [5, 5.41) is 0. The molecule has 0 aromatic heterocycles. The molecule has 0 unspecified atom stereocenters. The van der Waals surface area contributed by atoms with Crippen LogP contribution in [-0.4, -0.2) is 75.7 Å². The zero-order chi connectivity index (χ0) is 31.7. The van der Waals surface area contributed by atoms with Crippen LogP contribution in [0.4, 0.5) is 0 Å². The van der Waals surface area contributed by atoms with Gasteiger partial charge in [0.2, 0.25) is 5.91 Å². The Morgan fingerprint density at radius 1 is 0.727 bits per heavy atom. The molecule has 0 saturated heterocycles. The van der Waals surface area contributed by atoms with Gasteiger partial charge in [0.05, 0.1) is 13.2 Å². The molecule has 0 N–H and O–H groups in total. The normalized spacial score (nSPS) is 15.8. The zero-order valence-electron chi connectivity index (χ0n) is 27.7. The van der Waals surface area contributed by atoms with Gasteiger partial charge < -0.3 is 33.3 Å². The van der Waals surface area contributed by atoms with E-state index in [9.17, 15) is 4.79 Å². The summed E-state index contributed by atoms with van der Waals surface area (Å²) < 4.78 is 37.3. The van der Waals surface area contributed by atoms with Gasteiger partial charge in [-0.05, 0) is 48.9 Å². The fraction of sp³-hybridized carbons (Fsp3) is 0.639. The highest BCUT2D eigenvalue weighted by Gasteiger charge is 2.39. The van der Waals surface area contributed by atoms with E-state index >= 15 is 0 Å². The Bertz CT molecular complexity index is 1030. The minimum Gasteiger partial charge on any atom is -0.487 e. The maximum Gasteiger partial charge on any atom is 0.248 e. The van der Waals surface area contributed by atoms with Crippen molar-refractivity contribution in [2.75, 3.05) is 59.3 Å². The van der Waals surface area contributed by atoms with E-state index in [0.29, 0.717) is 55.8 Å². The van der Waals surface area contributed by atoms with Crippen LogP contribution in [0.25, 0.3) is 0 Å². The van der Waals surface area contributed by atoms with Gasteiger partial charge in [0.25, 0.3) is 0 Å². The molecule has 1 amide bonds. The first-order valence-electron chi connectivity index (χ1n) is 16.4. The van der Waals surface area contributed by atoms with Crippen molar-refractivity contribution in [2.24, 2.45) is 5.41 Å². The fourth-order valence-electron chi connectivity index (χ4n) is 5.34. The first-order valence-corrected chi connectivity index (χ1v) is 16.4. The summed E-state index contributed by atoms with van der Waals surface area (Å²) >= 11 is 0. The number of fused-ring (bicyclic) bond motifs is 2. The quantitative estimate of drug-likeness (QED) is 0.232. The number of benzene rings is 2. The Labute approximate surface area is 265 Å². The number of para-hydroxylation sites is 4. The van der Waals surface area contributed by atoms with E-state index in [2.05, 4.69) is 34.6 Å². The van der Waals surface area contributed by atoms with Crippen molar-refractivity contribution in [3.8, 4) is 23.0 Å². The van der Waals surface area contributed by atoms with Crippen LogP contribution in [0.3, 0.4) is 0 Å². The number of nitrogens with zero attached hydrogens (tertiary/aromatic N) is 1. The minimum atomic E-state index is -0.938. The molecule has 8 nitrogen and oxygen atoms in total. The Hall–Kier alpha value is -2.97. The highest BCUT2D eigenvalue weighted by atomic mass is 16.6. The lowest BCUT2D eigenvalue weighted by Crippen LogP contribution is -2.50. The van der Waals surface area contributed by atoms with Gasteiger partial charge in [-0.2, -0.15) is 0 Å². The van der Waals surface area contributed by atoms with Crippen molar-refractivity contribution in [3.05, 3.63) is 48.5 Å². The molecular formula is C36H55NO7. The molecule has 0 spiro atoms. The summed E-state index contributed by atoms with van der Waals surface area (Å²) in [6.45, 7) is 14.2. The highest BCUT2D eigenvalue weighted by molar-refractivity contribution is 5.77. The topological polar surface area (TPSA) is 75.7 Å². The van der Waals surface area contributed by atoms with Crippen LogP contribution in [0.5, 0.6) is 23.0 Å². The zero-order valence-corrected chi connectivity index (χ0v) is 27.7. The van der Waals surface area contributed by atoms with Crippen molar-refractivity contribution < 1.29 is 33.2 Å². The van der Waals surface area contributed by atoms with E-state index in [1.165, 1.54) is 0 Å². The van der Waals surface area contributed by atoms with Crippen LogP contribution in [-0.2, 0) is 14.3 Å². The maximum absolute atomic E-state index is 13.7. The van der Waals surface area contributed by atoms with Crippen molar-refractivity contribution in [1.29, 1.82) is 0 Å². The molecule has 246 valence electrons. The summed E-state index contributed by atoms with van der Waals surface area (Å²) in [6, 6.07) is 15.2. The molecule has 0 atom stereocenters. The molecule has 3 rings (SSSR count). The third-order valence-electron chi connectivity index (χ3n) is 7.42. The van der Waals surface area contributed by atoms with Crippen LogP contribution in [0, 0.1) is 5.41 Å². The number of carbonyl (C=O) groups is 1. The largest absolute Gasteiger partial charge is 0.487 e. The van der Waals surface area contributed by atoms with E-state index in [1.807, 2.05) is 53.4 Å². The Balaban J connectivity index is 1.91. The van der Waals surface area contributed by atoms with E-state index in [4.69, 9.17) is 28.4 Å². The predicted molar refractivity (Wildman–Crippen MR) is 174 cm³/mol. The Morgan fingerprint density at radius 2 is 1.18 bits per heavy atom. The summed E-state index contributed by atoms with van der Waals surface area (Å²) in [5.41, 5.74) is -1.09. The lowest BCUT2D eigenvalue weighted by molar-refractivity contribution is -0.154. The van der Waals surface area contributed by atoms with Gasteiger partial charge in [0.1, 0.15) is 38.6 Å². The van der Waals surface area contributed by atoms with Crippen molar-refractivity contribution in [1.82, 2.24) is 4.90 Å². The van der Waals surface area contributed by atoms with Crippen molar-refractivity contribution in [3.63, 3.8) is 0 Å². The number of ether oxygens (including phenoxy) is 6. The summed E-state index contributed by atoms with van der Waals surface area (Å²) in [4.78, 5) is 15.7. The van der Waals surface area contributed by atoms with Gasteiger partial charge in [-0.25, -0.2) is 0 Å². The van der Waals surface area contributed by atoms with Gasteiger partial charge in [0, 0.05) is 13.1 Å². The maximum atomic E-state index is 13.7. The molecule has 1 aliphatic rings. The number of amides is 1. The molecular weight excluding hydrogens is 558 g/mol. The van der Waals surface area contributed by atoms with Crippen molar-refractivity contribution >= 4 is 5.91 Å². The van der Waals surface area contributed by atoms with Crippen LogP contribution in [0.2, 0.25) is 0 Å². The van der Waals surface area contributed by atoms with Gasteiger partial charge in [-0.3, -0.25) is 4.79 Å². The standard InChI is InChI=1S/C36H55NO7/c1-6-8-14-20-37(21-15-9-7-2)34(38)26-44-36(27-35(3,4)5)28-42-32-18-12-10-16-30(32)40-24-22-39-23-25-41-31-17-11-13-19-33(31)43-29-36/h10-13,16-19H,6-9,14-15,20-29H2,1-5H3. The van der Waals surface area contributed by atoms with Crippen LogP contribution in [0.1, 0.15) is 79.6 Å². The molecule has 1 heterocycles. The van der Waals surface area contributed by atoms with E-state index in [1.54, 1.807) is 0 Å². The van der Waals surface area contributed by atoms with Gasteiger partial charge >= 0.3 is 0 Å². The summed E-state index contributed by atoms with van der Waals surface area (Å²) in [6.07, 6.45) is 7.00. The van der Waals surface area contributed by atoms with Crippen molar-refractivity contribution in [2.45, 2.75) is 85.2 Å². The minimum absolute atomic E-state index is 0.00472. The van der Waals surface area contributed by atoms with E-state index in [-0.39, 0.29) is 31.1 Å². The second kappa shape index (κ2) is 18.7. The van der Waals surface area contributed by atoms with E-state index < -0.39 is 5.60 Å². The smallest absolute Gasteiger partial charge is 0.248 e. The van der Waals surface area contributed by atoms with Gasteiger partial charge in [0.15, 0.2) is 23.0 Å². The lowest BCUT2D eigenvalue weighted by Gasteiger charge is -2.38. The number of rotatable bonds is 12. The van der Waals surface area contributed by atoms with Gasteiger partial charge in [-0.1, -0.05) is 84.6 Å². The number of hydrogen-bond donors (Lipinski definition) is 0. The van der Waals surface area contributed by atoms with Crippen LogP contribution >= 0.6 is 0 Å². The molecule has 2 aromatic rings. The third-order valence-corrected chi connectivity index (χ3v) is 7.42. The first-order chi connectivity index (χ1) is 21.3. The molecule has 0 aliphatic carbocycles. The third kappa shape index (κ3) is 12.6. The Morgan fingerprint density at radius 3 is 1.61 bits per heavy atom. The average molecular weight is 614 g/mol. The molecule has 8 heteroatoms. The molecule has 2 aromatic carbocycles. The summed E-state index contributed by atoms with van der Waals surface area (Å²) in [5.74, 6) is 2.48. The molecule has 1 aliphatic heterocycles. The summed E-state index contributed by atoms with van der Waals surface area (Å²) in [7, 11) is 0. The molecule has 0 radical (unpaired) electrons. The fourth-order valence-corrected chi connectivity index (χ4v) is 5.34. The first kappa shape index (κ1) is 35.5. The highest BCUT2D eigenvalue weighted by Crippen LogP contribution is 2.35. The number of carbonyl (C=O) groups excluding carboxylic acids is 1. The number of unbranched alkanes of at least 4 members (excludes halogenated alkanes) is 4. The molecule has 0 bridgehead atoms. The molecule has 44 heavy (non-hydrogen) atoms. The SMILES string of the molecule is CCCCCN(CCCCC)C(=O)COC1(CC(C)(C)C)COc2ccccc2OCCOCCOc2ccccc2OC1. The second-order valence-corrected chi connectivity index (χ2v) is 12.8. The monoisotopic (exact) mass is 613 g/mol. The lowest BCUT2D eigenvalue weighted by atomic mass is 9.82.